The summed E-state index contributed by atoms with van der Waals surface area (Å²) in [4.78, 5) is 35.8. The minimum absolute atomic E-state index is 0.0583. The number of hydrogen-bond donors (Lipinski definition) is 2. The second-order valence-electron chi connectivity index (χ2n) is 9.60. The van der Waals surface area contributed by atoms with Gasteiger partial charge in [0.2, 0.25) is 0 Å². The highest BCUT2D eigenvalue weighted by Crippen LogP contribution is 2.39. The van der Waals surface area contributed by atoms with Gasteiger partial charge in [0.25, 0.3) is 5.91 Å². The average molecular weight is 459 g/mol. The van der Waals surface area contributed by atoms with E-state index in [0.29, 0.717) is 29.3 Å². The van der Waals surface area contributed by atoms with E-state index < -0.39 is 5.97 Å². The van der Waals surface area contributed by atoms with Crippen LogP contribution in [0.2, 0.25) is 0 Å². The van der Waals surface area contributed by atoms with Gasteiger partial charge < -0.3 is 15.3 Å². The van der Waals surface area contributed by atoms with Crippen molar-refractivity contribution in [2.24, 2.45) is 5.41 Å². The summed E-state index contributed by atoms with van der Waals surface area (Å²) in [6, 6.07) is 15.5. The van der Waals surface area contributed by atoms with Gasteiger partial charge in [-0.1, -0.05) is 30.3 Å². The largest absolute Gasteiger partial charge is 0.481 e. The number of benzene rings is 2. The standard InChI is InChI=1S/C27H30N4O3/c32-24(33)9-5-4-8-22-25(19-6-2-1-3-7-19)30-21-11-10-20(16-23(21)29-22)26(34)31-17-27(18-31)12-14-28-15-13-27/h1-3,6-7,10-11,16,28H,4-5,8-9,12-15,17-18H2,(H,32,33). The molecule has 7 nitrogen and oxygen atoms in total. The number of unbranched alkanes of at least 4 members (excludes halogenated alkanes) is 1. The first-order valence-corrected chi connectivity index (χ1v) is 12.1. The van der Waals surface area contributed by atoms with Gasteiger partial charge in [-0.3, -0.25) is 9.59 Å². The van der Waals surface area contributed by atoms with E-state index in [1.165, 1.54) is 0 Å². The first-order valence-electron chi connectivity index (χ1n) is 12.1. The molecule has 1 amide bonds. The maximum atomic E-state index is 13.2. The predicted octanol–water partition coefficient (Wildman–Crippen LogP) is 3.92. The first-order chi connectivity index (χ1) is 16.5. The minimum Gasteiger partial charge on any atom is -0.481 e. The molecule has 0 bridgehead atoms. The Morgan fingerprint density at radius 1 is 0.971 bits per heavy atom. The van der Waals surface area contributed by atoms with Crippen LogP contribution in [0.3, 0.4) is 0 Å². The summed E-state index contributed by atoms with van der Waals surface area (Å²) in [5.74, 6) is -0.726. The lowest BCUT2D eigenvalue weighted by molar-refractivity contribution is -0.137. The maximum Gasteiger partial charge on any atom is 0.303 e. The van der Waals surface area contributed by atoms with E-state index in [-0.39, 0.29) is 12.3 Å². The van der Waals surface area contributed by atoms with Crippen molar-refractivity contribution in [3.8, 4) is 11.3 Å². The molecule has 2 aliphatic rings. The third-order valence-corrected chi connectivity index (χ3v) is 7.09. The number of rotatable bonds is 7. The summed E-state index contributed by atoms with van der Waals surface area (Å²) < 4.78 is 0. The highest BCUT2D eigenvalue weighted by molar-refractivity contribution is 5.98. The Morgan fingerprint density at radius 3 is 2.47 bits per heavy atom. The van der Waals surface area contributed by atoms with Crippen LogP contribution in [0.25, 0.3) is 22.3 Å². The average Bonchev–Trinajstić information content (AvgIpc) is 2.84. The van der Waals surface area contributed by atoms with Crippen LogP contribution in [0.1, 0.15) is 48.2 Å². The fourth-order valence-corrected chi connectivity index (χ4v) is 5.16. The molecule has 2 saturated heterocycles. The van der Waals surface area contributed by atoms with E-state index in [2.05, 4.69) is 5.32 Å². The molecular weight excluding hydrogens is 428 g/mol. The number of nitrogens with one attached hydrogen (secondary N) is 1. The Hall–Kier alpha value is -3.32. The second kappa shape index (κ2) is 9.50. The lowest BCUT2D eigenvalue weighted by Crippen LogP contribution is -2.61. The number of aliphatic carboxylic acids is 1. The Balaban J connectivity index is 1.40. The maximum absolute atomic E-state index is 13.2. The zero-order chi connectivity index (χ0) is 23.5. The number of carbonyl (C=O) groups is 2. The molecule has 1 aromatic heterocycles. The van der Waals surface area contributed by atoms with Gasteiger partial charge in [-0.15, -0.1) is 0 Å². The lowest BCUT2D eigenvalue weighted by atomic mass is 9.72. The molecule has 7 heteroatoms. The number of carboxylic acid groups (broad SMARTS) is 1. The number of carboxylic acids is 1. The number of aryl methyl sites for hydroxylation is 1. The SMILES string of the molecule is O=C(O)CCCCc1nc2cc(C(=O)N3CC4(CCNCC4)C3)ccc2nc1-c1ccccc1. The van der Waals surface area contributed by atoms with E-state index >= 15 is 0 Å². The monoisotopic (exact) mass is 458 g/mol. The van der Waals surface area contributed by atoms with Crippen molar-refractivity contribution in [1.82, 2.24) is 20.2 Å². The van der Waals surface area contributed by atoms with Gasteiger partial charge in [-0.25, -0.2) is 9.97 Å². The Morgan fingerprint density at radius 2 is 1.74 bits per heavy atom. The molecule has 1 spiro atoms. The van der Waals surface area contributed by atoms with Crippen LogP contribution in [0.4, 0.5) is 0 Å². The third-order valence-electron chi connectivity index (χ3n) is 7.09. The second-order valence-corrected chi connectivity index (χ2v) is 9.60. The Labute approximate surface area is 199 Å². The number of nitrogens with zero attached hydrogens (tertiary/aromatic N) is 3. The van der Waals surface area contributed by atoms with Crippen LogP contribution < -0.4 is 5.32 Å². The molecule has 0 saturated carbocycles. The summed E-state index contributed by atoms with van der Waals surface area (Å²) >= 11 is 0. The van der Waals surface area contributed by atoms with E-state index in [9.17, 15) is 9.59 Å². The number of piperidine rings is 1. The molecule has 0 radical (unpaired) electrons. The number of fused-ring (bicyclic) bond motifs is 1. The van der Waals surface area contributed by atoms with Crippen LogP contribution in [0.15, 0.2) is 48.5 Å². The number of carbonyl (C=O) groups excluding carboxylic acids is 1. The van der Waals surface area contributed by atoms with Gasteiger partial charge in [0, 0.05) is 36.1 Å². The van der Waals surface area contributed by atoms with Crippen molar-refractivity contribution in [3.63, 3.8) is 0 Å². The number of amides is 1. The Kier molecular flexibility index (Phi) is 6.28. The first kappa shape index (κ1) is 22.5. The van der Waals surface area contributed by atoms with Crippen LogP contribution in [0, 0.1) is 5.41 Å². The van der Waals surface area contributed by atoms with Crippen molar-refractivity contribution in [1.29, 1.82) is 0 Å². The van der Waals surface area contributed by atoms with E-state index in [1.807, 2.05) is 53.4 Å². The molecule has 3 heterocycles. The quantitative estimate of drug-likeness (QED) is 0.521. The van der Waals surface area contributed by atoms with Crippen LogP contribution >= 0.6 is 0 Å². The van der Waals surface area contributed by atoms with Crippen molar-refractivity contribution in [2.75, 3.05) is 26.2 Å². The van der Waals surface area contributed by atoms with Gasteiger partial charge in [-0.05, 0) is 63.4 Å². The molecule has 0 atom stereocenters. The van der Waals surface area contributed by atoms with Gasteiger partial charge in [0.15, 0.2) is 0 Å². The molecule has 0 unspecified atom stereocenters. The normalized spacial score (nSPS) is 17.0. The van der Waals surface area contributed by atoms with Gasteiger partial charge in [-0.2, -0.15) is 0 Å². The van der Waals surface area contributed by atoms with Crippen molar-refractivity contribution < 1.29 is 14.7 Å². The molecule has 176 valence electrons. The van der Waals surface area contributed by atoms with Crippen LogP contribution in [-0.4, -0.2) is 58.0 Å². The predicted molar refractivity (Wildman–Crippen MR) is 131 cm³/mol. The summed E-state index contributed by atoms with van der Waals surface area (Å²) in [5.41, 5.74) is 5.04. The van der Waals surface area contributed by atoms with Crippen molar-refractivity contribution >= 4 is 22.9 Å². The minimum atomic E-state index is -0.784. The van der Waals surface area contributed by atoms with Crippen LogP contribution in [-0.2, 0) is 11.2 Å². The summed E-state index contributed by atoms with van der Waals surface area (Å²) in [6.45, 7) is 3.73. The number of hydrogen-bond acceptors (Lipinski definition) is 5. The molecule has 2 aliphatic heterocycles. The van der Waals surface area contributed by atoms with E-state index in [1.54, 1.807) is 0 Å². The fourth-order valence-electron chi connectivity index (χ4n) is 5.16. The molecule has 2 aromatic carbocycles. The van der Waals surface area contributed by atoms with E-state index in [0.717, 1.165) is 67.9 Å². The summed E-state index contributed by atoms with van der Waals surface area (Å²) in [5, 5.41) is 12.4. The Bertz CT molecular complexity index is 1200. The number of aromatic nitrogens is 2. The highest BCUT2D eigenvalue weighted by atomic mass is 16.4. The number of likely N-dealkylation sites (tertiary alicyclic amines) is 1. The van der Waals surface area contributed by atoms with Gasteiger partial charge >= 0.3 is 5.97 Å². The third kappa shape index (κ3) is 4.66. The molecule has 2 fully saturated rings. The zero-order valence-electron chi connectivity index (χ0n) is 19.3. The summed E-state index contributed by atoms with van der Waals surface area (Å²) in [6.07, 6.45) is 4.36. The topological polar surface area (TPSA) is 95.4 Å². The van der Waals surface area contributed by atoms with Gasteiger partial charge in [0.05, 0.1) is 22.4 Å². The molecule has 2 N–H and O–H groups in total. The molecular formula is C27H30N4O3. The highest BCUT2D eigenvalue weighted by Gasteiger charge is 2.45. The molecule has 34 heavy (non-hydrogen) atoms. The smallest absolute Gasteiger partial charge is 0.303 e. The van der Waals surface area contributed by atoms with E-state index in [4.69, 9.17) is 15.1 Å². The molecule has 0 aliphatic carbocycles. The van der Waals surface area contributed by atoms with Crippen molar-refractivity contribution in [2.45, 2.75) is 38.5 Å². The molecule has 3 aromatic rings. The lowest BCUT2D eigenvalue weighted by Gasteiger charge is -2.52. The van der Waals surface area contributed by atoms with Gasteiger partial charge in [0.1, 0.15) is 0 Å². The zero-order valence-corrected chi connectivity index (χ0v) is 19.3. The van der Waals surface area contributed by atoms with Crippen LogP contribution in [0.5, 0.6) is 0 Å². The summed E-state index contributed by atoms with van der Waals surface area (Å²) in [7, 11) is 0. The fraction of sp³-hybridized carbons (Fsp3) is 0.407. The van der Waals surface area contributed by atoms with Crippen molar-refractivity contribution in [3.05, 3.63) is 59.8 Å². The molecule has 5 rings (SSSR count).